The van der Waals surface area contributed by atoms with Gasteiger partial charge in [0.25, 0.3) is 5.91 Å². The molecule has 0 unspecified atom stereocenters. The zero-order valence-electron chi connectivity index (χ0n) is 22.0. The molecule has 8 nitrogen and oxygen atoms in total. The molecule has 1 aliphatic heterocycles. The summed E-state index contributed by atoms with van der Waals surface area (Å²) in [6.07, 6.45) is -2.59. The van der Waals surface area contributed by atoms with Crippen LogP contribution in [0.4, 0.5) is 10.1 Å². The molecule has 0 aliphatic carbocycles. The summed E-state index contributed by atoms with van der Waals surface area (Å²) >= 11 is 6.40. The first-order valence-electron chi connectivity index (χ1n) is 12.3. The maximum atomic E-state index is 14.8. The number of halogens is 2. The third-order valence-corrected chi connectivity index (χ3v) is 6.60. The van der Waals surface area contributed by atoms with E-state index in [2.05, 4.69) is 0 Å². The van der Waals surface area contributed by atoms with Gasteiger partial charge < -0.3 is 28.6 Å². The molecular formula is C29H29ClFNO7. The summed E-state index contributed by atoms with van der Waals surface area (Å²) < 4.78 is 42.4. The van der Waals surface area contributed by atoms with Crippen molar-refractivity contribution in [2.24, 2.45) is 0 Å². The molecule has 0 saturated heterocycles. The van der Waals surface area contributed by atoms with Gasteiger partial charge >= 0.3 is 5.97 Å². The monoisotopic (exact) mass is 557 g/mol. The second kappa shape index (κ2) is 12.4. The van der Waals surface area contributed by atoms with Crippen LogP contribution < -0.4 is 19.1 Å². The van der Waals surface area contributed by atoms with Crippen molar-refractivity contribution >= 4 is 29.2 Å². The van der Waals surface area contributed by atoms with E-state index in [1.54, 1.807) is 56.5 Å². The van der Waals surface area contributed by atoms with E-state index in [9.17, 15) is 14.0 Å². The Morgan fingerprint density at radius 2 is 1.82 bits per heavy atom. The highest BCUT2D eigenvalue weighted by Gasteiger charge is 2.39. The maximum absolute atomic E-state index is 14.8. The minimum atomic E-state index is -1.25. The Kier molecular flexibility index (Phi) is 8.93. The summed E-state index contributed by atoms with van der Waals surface area (Å²) in [5.74, 6) is -0.630. The molecular weight excluding hydrogens is 529 g/mol. The van der Waals surface area contributed by atoms with Crippen molar-refractivity contribution in [1.82, 2.24) is 0 Å². The number of hydrogen-bond acceptors (Lipinski definition) is 7. The Hall–Kier alpha value is -3.82. The lowest BCUT2D eigenvalue weighted by Gasteiger charge is -2.26. The number of methoxy groups -OCH3 is 3. The van der Waals surface area contributed by atoms with Crippen LogP contribution in [0.2, 0.25) is 5.02 Å². The van der Waals surface area contributed by atoms with Crippen molar-refractivity contribution in [3.05, 3.63) is 82.1 Å². The largest absolute Gasteiger partial charge is 0.497 e. The van der Waals surface area contributed by atoms with Crippen LogP contribution in [0.25, 0.3) is 0 Å². The third-order valence-electron chi connectivity index (χ3n) is 6.37. The molecule has 1 heterocycles. The molecule has 206 valence electrons. The number of carbonyl (C=O) groups excluding carboxylic acids is 2. The standard InChI is InChI=1S/C29H29ClFNO7/c1-5-38-26(33)15-25-29(34)32(16-17-9-11-19(35-2)14-24(17)36-3)23-12-10-18(30)13-21(23)27(39-25)20-7-6-8-22(31)28(20)37-4/h6-14,25,27H,5,15-16H2,1-4H3/t25-,27-/m1/s1. The van der Waals surface area contributed by atoms with Gasteiger partial charge in [-0.3, -0.25) is 9.59 Å². The van der Waals surface area contributed by atoms with Gasteiger partial charge in [0.05, 0.1) is 46.6 Å². The van der Waals surface area contributed by atoms with Crippen molar-refractivity contribution in [2.45, 2.75) is 32.1 Å². The Balaban J connectivity index is 1.89. The number of benzene rings is 3. The van der Waals surface area contributed by atoms with Crippen LogP contribution in [0.15, 0.2) is 54.6 Å². The molecule has 0 N–H and O–H groups in total. The minimum absolute atomic E-state index is 0.0407. The Morgan fingerprint density at radius 3 is 2.51 bits per heavy atom. The Labute approximate surface area is 231 Å². The Morgan fingerprint density at radius 1 is 1.03 bits per heavy atom. The fraction of sp³-hybridized carbons (Fsp3) is 0.310. The van der Waals surface area contributed by atoms with Gasteiger partial charge in [-0.1, -0.05) is 23.7 Å². The first kappa shape index (κ1) is 28.2. The van der Waals surface area contributed by atoms with E-state index in [1.807, 2.05) is 0 Å². The zero-order valence-corrected chi connectivity index (χ0v) is 22.8. The van der Waals surface area contributed by atoms with Crippen LogP contribution in [0.1, 0.15) is 36.1 Å². The molecule has 10 heteroatoms. The van der Waals surface area contributed by atoms with Crippen LogP contribution in [0.5, 0.6) is 17.2 Å². The molecule has 1 amide bonds. The fourth-order valence-corrected chi connectivity index (χ4v) is 4.76. The molecule has 0 saturated carbocycles. The smallest absolute Gasteiger partial charge is 0.308 e. The second-order valence-electron chi connectivity index (χ2n) is 8.68. The van der Waals surface area contributed by atoms with E-state index in [0.29, 0.717) is 38.9 Å². The van der Waals surface area contributed by atoms with Gasteiger partial charge in [0.1, 0.15) is 23.7 Å². The summed E-state index contributed by atoms with van der Waals surface area (Å²) in [5, 5.41) is 0.385. The predicted octanol–water partition coefficient (Wildman–Crippen LogP) is 5.48. The SMILES string of the molecule is CCOC(=O)C[C@H]1O[C@H](c2cccc(F)c2OC)c2cc(Cl)ccc2N(Cc2ccc(OC)cc2OC)C1=O. The van der Waals surface area contributed by atoms with E-state index < -0.39 is 29.9 Å². The van der Waals surface area contributed by atoms with Crippen LogP contribution in [-0.4, -0.2) is 45.9 Å². The van der Waals surface area contributed by atoms with Crippen LogP contribution >= 0.6 is 11.6 Å². The molecule has 0 radical (unpaired) electrons. The minimum Gasteiger partial charge on any atom is -0.497 e. The first-order chi connectivity index (χ1) is 18.8. The highest BCUT2D eigenvalue weighted by Crippen LogP contribution is 2.44. The van der Waals surface area contributed by atoms with Gasteiger partial charge in [-0.2, -0.15) is 0 Å². The van der Waals surface area contributed by atoms with E-state index >= 15 is 0 Å². The molecule has 39 heavy (non-hydrogen) atoms. The van der Waals surface area contributed by atoms with E-state index in [-0.39, 0.29) is 25.3 Å². The highest BCUT2D eigenvalue weighted by molar-refractivity contribution is 6.30. The average Bonchev–Trinajstić information content (AvgIpc) is 3.03. The highest BCUT2D eigenvalue weighted by atomic mass is 35.5. The van der Waals surface area contributed by atoms with Crippen LogP contribution in [0, 0.1) is 5.82 Å². The van der Waals surface area contributed by atoms with Crippen LogP contribution in [0.3, 0.4) is 0 Å². The van der Waals surface area contributed by atoms with Gasteiger partial charge in [-0.15, -0.1) is 0 Å². The molecule has 3 aromatic carbocycles. The van der Waals surface area contributed by atoms with E-state index in [4.69, 9.17) is 35.3 Å². The number of hydrogen-bond donors (Lipinski definition) is 0. The number of esters is 1. The predicted molar refractivity (Wildman–Crippen MR) is 143 cm³/mol. The van der Waals surface area contributed by atoms with Crippen molar-refractivity contribution in [3.63, 3.8) is 0 Å². The molecule has 4 rings (SSSR count). The van der Waals surface area contributed by atoms with Gasteiger partial charge in [0, 0.05) is 27.8 Å². The topological polar surface area (TPSA) is 83.5 Å². The van der Waals surface area contributed by atoms with Gasteiger partial charge in [0.2, 0.25) is 0 Å². The summed E-state index contributed by atoms with van der Waals surface area (Å²) in [6.45, 7) is 1.90. The first-order valence-corrected chi connectivity index (χ1v) is 12.6. The number of rotatable bonds is 9. The zero-order chi connectivity index (χ0) is 28.1. The maximum Gasteiger partial charge on any atom is 0.308 e. The molecule has 0 bridgehead atoms. The van der Waals surface area contributed by atoms with Crippen molar-refractivity contribution < 1.29 is 37.7 Å². The van der Waals surface area contributed by atoms with Crippen LogP contribution in [-0.2, 0) is 25.6 Å². The van der Waals surface area contributed by atoms with E-state index in [1.165, 1.54) is 31.3 Å². The summed E-state index contributed by atoms with van der Waals surface area (Å²) in [6, 6.07) is 14.7. The second-order valence-corrected chi connectivity index (χ2v) is 9.12. The molecule has 2 atom stereocenters. The Bertz CT molecular complexity index is 1370. The van der Waals surface area contributed by atoms with Gasteiger partial charge in [-0.05, 0) is 43.3 Å². The van der Waals surface area contributed by atoms with E-state index in [0.717, 1.165) is 0 Å². The van der Waals surface area contributed by atoms with Gasteiger partial charge in [0.15, 0.2) is 11.6 Å². The molecule has 3 aromatic rings. The molecule has 1 aliphatic rings. The summed E-state index contributed by atoms with van der Waals surface area (Å²) in [7, 11) is 4.42. The number of amides is 1. The van der Waals surface area contributed by atoms with Crippen molar-refractivity contribution in [2.75, 3.05) is 32.8 Å². The fourth-order valence-electron chi connectivity index (χ4n) is 4.58. The molecule has 0 fully saturated rings. The lowest BCUT2D eigenvalue weighted by Crippen LogP contribution is -2.40. The quantitative estimate of drug-likeness (QED) is 0.322. The average molecular weight is 558 g/mol. The number of para-hydroxylation sites is 1. The number of ether oxygens (including phenoxy) is 5. The molecule has 0 spiro atoms. The van der Waals surface area contributed by atoms with Crippen molar-refractivity contribution in [3.8, 4) is 17.2 Å². The third kappa shape index (κ3) is 5.94. The normalized spacial score (nSPS) is 16.8. The lowest BCUT2D eigenvalue weighted by atomic mass is 9.98. The number of nitrogens with zero attached hydrogens (tertiary/aromatic N) is 1. The summed E-state index contributed by atoms with van der Waals surface area (Å²) in [5.41, 5.74) is 2.00. The number of carbonyl (C=O) groups is 2. The molecule has 0 aromatic heterocycles. The summed E-state index contributed by atoms with van der Waals surface area (Å²) in [4.78, 5) is 28.1. The van der Waals surface area contributed by atoms with Gasteiger partial charge in [-0.25, -0.2) is 4.39 Å². The lowest BCUT2D eigenvalue weighted by molar-refractivity contribution is -0.151. The van der Waals surface area contributed by atoms with Crippen molar-refractivity contribution in [1.29, 1.82) is 0 Å². The number of anilines is 1. The number of fused-ring (bicyclic) bond motifs is 1.